The van der Waals surface area contributed by atoms with Crippen molar-refractivity contribution in [2.24, 2.45) is 5.92 Å². The second kappa shape index (κ2) is 8.23. The number of urea groups is 1. The van der Waals surface area contributed by atoms with Crippen molar-refractivity contribution in [2.45, 2.75) is 76.7 Å². The molecule has 4 amide bonds. The molecule has 1 aliphatic heterocycles. The van der Waals surface area contributed by atoms with E-state index in [9.17, 15) is 14.4 Å². The third-order valence-corrected chi connectivity index (χ3v) is 6.21. The zero-order valence-electron chi connectivity index (χ0n) is 15.8. The van der Waals surface area contributed by atoms with Gasteiger partial charge in [0.25, 0.3) is 5.91 Å². The van der Waals surface area contributed by atoms with Crippen molar-refractivity contribution in [3.63, 3.8) is 0 Å². The van der Waals surface area contributed by atoms with Gasteiger partial charge >= 0.3 is 6.03 Å². The Morgan fingerprint density at radius 2 is 2.12 bits per heavy atom. The fourth-order valence-electron chi connectivity index (χ4n) is 4.51. The molecule has 2 atom stereocenters. The second-order valence-electron chi connectivity index (χ2n) is 8.00. The molecule has 2 aliphatic carbocycles. The molecule has 0 aromatic rings. The summed E-state index contributed by atoms with van der Waals surface area (Å²) in [5, 5.41) is 5.75. The Morgan fingerprint density at radius 1 is 1.27 bits per heavy atom. The van der Waals surface area contributed by atoms with E-state index in [2.05, 4.69) is 16.7 Å². The van der Waals surface area contributed by atoms with Gasteiger partial charge in [-0.15, -0.1) is 0 Å². The van der Waals surface area contributed by atoms with Crippen molar-refractivity contribution in [2.75, 3.05) is 13.1 Å². The molecule has 2 fully saturated rings. The van der Waals surface area contributed by atoms with Crippen LogP contribution in [0.5, 0.6) is 0 Å². The predicted octanol–water partition coefficient (Wildman–Crippen LogP) is 2.88. The lowest BCUT2D eigenvalue weighted by Gasteiger charge is -2.36. The van der Waals surface area contributed by atoms with Gasteiger partial charge in [0.2, 0.25) is 5.91 Å². The smallest absolute Gasteiger partial charge is 0.325 e. The number of hydrogen-bond donors (Lipinski definition) is 2. The van der Waals surface area contributed by atoms with Crippen LogP contribution in [-0.4, -0.2) is 41.4 Å². The Bertz CT molecular complexity index is 601. The highest BCUT2D eigenvalue weighted by molar-refractivity contribution is 6.09. The van der Waals surface area contributed by atoms with Crippen LogP contribution in [0.2, 0.25) is 0 Å². The molecule has 1 spiro atoms. The average molecular weight is 361 g/mol. The van der Waals surface area contributed by atoms with Crippen molar-refractivity contribution in [1.82, 2.24) is 15.5 Å². The van der Waals surface area contributed by atoms with E-state index >= 15 is 0 Å². The van der Waals surface area contributed by atoms with E-state index in [1.165, 1.54) is 24.8 Å². The summed E-state index contributed by atoms with van der Waals surface area (Å²) in [6.07, 6.45) is 12.8. The van der Waals surface area contributed by atoms with Crippen molar-refractivity contribution >= 4 is 17.8 Å². The van der Waals surface area contributed by atoms with Gasteiger partial charge in [-0.1, -0.05) is 37.8 Å². The van der Waals surface area contributed by atoms with Gasteiger partial charge in [0.05, 0.1) is 0 Å². The van der Waals surface area contributed by atoms with Gasteiger partial charge in [-0.05, 0) is 50.9 Å². The number of amides is 4. The van der Waals surface area contributed by atoms with Gasteiger partial charge in [-0.3, -0.25) is 14.5 Å². The van der Waals surface area contributed by atoms with E-state index in [0.29, 0.717) is 13.0 Å². The first-order chi connectivity index (χ1) is 12.5. The summed E-state index contributed by atoms with van der Waals surface area (Å²) in [7, 11) is 0. The number of hydrogen-bond acceptors (Lipinski definition) is 3. The van der Waals surface area contributed by atoms with Gasteiger partial charge in [0, 0.05) is 6.54 Å². The molecule has 1 heterocycles. The fraction of sp³-hybridized carbons (Fsp3) is 0.750. The van der Waals surface area contributed by atoms with Crippen LogP contribution in [-0.2, 0) is 9.59 Å². The van der Waals surface area contributed by atoms with E-state index in [0.717, 1.165) is 43.4 Å². The van der Waals surface area contributed by atoms with Crippen LogP contribution in [0, 0.1) is 5.92 Å². The van der Waals surface area contributed by atoms with Crippen LogP contribution in [0.1, 0.15) is 71.1 Å². The Balaban J connectivity index is 1.50. The second-order valence-corrected chi connectivity index (χ2v) is 8.00. The molecule has 0 radical (unpaired) electrons. The molecule has 6 nitrogen and oxygen atoms in total. The summed E-state index contributed by atoms with van der Waals surface area (Å²) < 4.78 is 0. The van der Waals surface area contributed by atoms with Crippen LogP contribution in [0.25, 0.3) is 0 Å². The molecular weight excluding hydrogens is 330 g/mol. The number of nitrogens with zero attached hydrogens (tertiary/aromatic N) is 1. The van der Waals surface area contributed by atoms with Crippen LogP contribution in [0.3, 0.4) is 0 Å². The first kappa shape index (κ1) is 18.9. The van der Waals surface area contributed by atoms with Crippen LogP contribution in [0.15, 0.2) is 11.6 Å². The van der Waals surface area contributed by atoms with Crippen molar-refractivity contribution in [1.29, 1.82) is 0 Å². The maximum atomic E-state index is 12.9. The minimum atomic E-state index is -0.791. The number of imide groups is 1. The van der Waals surface area contributed by atoms with Crippen LogP contribution in [0.4, 0.5) is 4.79 Å². The van der Waals surface area contributed by atoms with Gasteiger partial charge in [0.15, 0.2) is 0 Å². The fourth-order valence-corrected chi connectivity index (χ4v) is 4.51. The zero-order chi connectivity index (χ0) is 18.6. The maximum absolute atomic E-state index is 12.9. The SMILES string of the molecule is C[C@@H]1CCCC[C@@]12NC(=O)N(CC(=O)NCCC1=CCCCCC1)C2=O. The highest BCUT2D eigenvalue weighted by atomic mass is 16.2. The van der Waals surface area contributed by atoms with E-state index in [1.54, 1.807) is 0 Å². The molecule has 0 aromatic heterocycles. The summed E-state index contributed by atoms with van der Waals surface area (Å²) in [5.41, 5.74) is 0.619. The van der Waals surface area contributed by atoms with Gasteiger partial charge in [-0.2, -0.15) is 0 Å². The highest BCUT2D eigenvalue weighted by Gasteiger charge is 2.55. The quantitative estimate of drug-likeness (QED) is 0.584. The lowest BCUT2D eigenvalue weighted by Crippen LogP contribution is -2.54. The molecular formula is C20H31N3O3. The van der Waals surface area contributed by atoms with Gasteiger partial charge in [0.1, 0.15) is 12.1 Å². The molecule has 3 rings (SSSR count). The molecule has 6 heteroatoms. The van der Waals surface area contributed by atoms with Crippen LogP contribution >= 0.6 is 0 Å². The van der Waals surface area contributed by atoms with E-state index in [1.807, 2.05) is 6.92 Å². The molecule has 1 saturated carbocycles. The molecule has 3 aliphatic rings. The van der Waals surface area contributed by atoms with Gasteiger partial charge in [-0.25, -0.2) is 4.79 Å². The third kappa shape index (κ3) is 3.94. The molecule has 0 bridgehead atoms. The monoisotopic (exact) mass is 361 g/mol. The largest absolute Gasteiger partial charge is 0.354 e. The molecule has 2 N–H and O–H groups in total. The summed E-state index contributed by atoms with van der Waals surface area (Å²) in [6, 6.07) is -0.426. The van der Waals surface area contributed by atoms with Crippen LogP contribution < -0.4 is 10.6 Å². The minimum Gasteiger partial charge on any atom is -0.354 e. The Morgan fingerprint density at radius 3 is 2.92 bits per heavy atom. The molecule has 26 heavy (non-hydrogen) atoms. The Kier molecular flexibility index (Phi) is 5.99. The molecule has 0 aromatic carbocycles. The lowest BCUT2D eigenvalue weighted by molar-refractivity contribution is -0.137. The molecule has 0 unspecified atom stereocenters. The number of nitrogens with one attached hydrogen (secondary N) is 2. The number of carbonyl (C=O) groups is 3. The standard InChI is InChI=1S/C20H31N3O3/c1-15-8-6-7-12-20(15)18(25)23(19(26)22-20)14-17(24)21-13-11-16-9-4-2-3-5-10-16/h9,15H,2-8,10-14H2,1H3,(H,21,24)(H,22,26)/t15-,20-/m1/s1. The Labute approximate surface area is 155 Å². The van der Waals surface area contributed by atoms with E-state index < -0.39 is 11.6 Å². The molecule has 1 saturated heterocycles. The van der Waals surface area contributed by atoms with Crippen molar-refractivity contribution in [3.8, 4) is 0 Å². The lowest BCUT2D eigenvalue weighted by atomic mass is 9.73. The van der Waals surface area contributed by atoms with Gasteiger partial charge < -0.3 is 10.6 Å². The summed E-state index contributed by atoms with van der Waals surface area (Å²) in [6.45, 7) is 2.40. The van der Waals surface area contributed by atoms with Crippen molar-refractivity contribution < 1.29 is 14.4 Å². The molecule has 144 valence electrons. The van der Waals surface area contributed by atoms with E-state index in [4.69, 9.17) is 0 Å². The number of rotatable bonds is 5. The zero-order valence-corrected chi connectivity index (χ0v) is 15.8. The maximum Gasteiger partial charge on any atom is 0.325 e. The normalized spacial score (nSPS) is 29.3. The van der Waals surface area contributed by atoms with Crippen molar-refractivity contribution in [3.05, 3.63) is 11.6 Å². The van der Waals surface area contributed by atoms with E-state index in [-0.39, 0.29) is 24.3 Å². The summed E-state index contributed by atoms with van der Waals surface area (Å²) in [4.78, 5) is 38.5. The first-order valence-corrected chi connectivity index (χ1v) is 10.1. The third-order valence-electron chi connectivity index (χ3n) is 6.21. The number of allylic oxidation sites excluding steroid dienone is 1. The first-order valence-electron chi connectivity index (χ1n) is 10.1. The average Bonchev–Trinajstić information content (AvgIpc) is 2.80. The topological polar surface area (TPSA) is 78.5 Å². The Hall–Kier alpha value is -1.85. The summed E-state index contributed by atoms with van der Waals surface area (Å²) >= 11 is 0. The highest BCUT2D eigenvalue weighted by Crippen LogP contribution is 2.38. The predicted molar refractivity (Wildman–Crippen MR) is 99.4 cm³/mol. The number of carbonyl (C=O) groups excluding carboxylic acids is 3. The minimum absolute atomic E-state index is 0.114. The summed E-state index contributed by atoms with van der Waals surface area (Å²) in [5.74, 6) is -0.373.